The highest BCUT2D eigenvalue weighted by atomic mass is 16.8. The van der Waals surface area contributed by atoms with Crippen molar-refractivity contribution in [1.29, 1.82) is 0 Å². The molecule has 4 fully saturated rings. The maximum Gasteiger partial charge on any atom is 0.327 e. The number of ether oxygens (including phenoxy) is 4. The lowest BCUT2D eigenvalue weighted by atomic mass is 9.62. The van der Waals surface area contributed by atoms with Crippen molar-refractivity contribution >= 4 is 35.7 Å². The molecule has 290 valence electrons. The van der Waals surface area contributed by atoms with Crippen molar-refractivity contribution in [2.24, 2.45) is 5.41 Å². The molecule has 4 aliphatic rings. The van der Waals surface area contributed by atoms with Crippen LogP contribution in [0.3, 0.4) is 0 Å². The molecule has 0 radical (unpaired) electrons. The molecule has 1 aliphatic carbocycles. The minimum Gasteiger partial charge on any atom is -0.460 e. The number of rotatable bonds is 13. The van der Waals surface area contributed by atoms with Gasteiger partial charge >= 0.3 is 11.9 Å². The summed E-state index contributed by atoms with van der Waals surface area (Å²) in [7, 11) is 3.33. The van der Waals surface area contributed by atoms with Crippen molar-refractivity contribution in [2.45, 2.75) is 95.2 Å². The van der Waals surface area contributed by atoms with E-state index in [1.807, 2.05) is 24.3 Å². The van der Waals surface area contributed by atoms with Gasteiger partial charge in [0.1, 0.15) is 42.2 Å². The fourth-order valence-corrected chi connectivity index (χ4v) is 7.46. The molecular formula is C39H48N4O11. The van der Waals surface area contributed by atoms with E-state index in [1.54, 1.807) is 65.2 Å². The average molecular weight is 749 g/mol. The van der Waals surface area contributed by atoms with Gasteiger partial charge in [0.15, 0.2) is 6.04 Å². The van der Waals surface area contributed by atoms with Gasteiger partial charge in [0.25, 0.3) is 5.91 Å². The molecule has 54 heavy (non-hydrogen) atoms. The van der Waals surface area contributed by atoms with E-state index in [1.165, 1.54) is 16.0 Å². The van der Waals surface area contributed by atoms with Gasteiger partial charge in [-0.15, -0.1) is 0 Å². The number of nitrogens with zero attached hydrogens (tertiary/aromatic N) is 2. The molecule has 3 amide bonds. The van der Waals surface area contributed by atoms with Crippen molar-refractivity contribution in [3.05, 3.63) is 76.9 Å². The standard InChI is InChI=1S/C39H48N4O11/c1-38(2,3)53-30(46)15-13-27(21-44)41-35(47)26-11-7-9-24(17-26)19-40-37(49)39-18-28-31-32(51-22-50-31)34(39)54-43(33(39)36(48)52-28)20-25-10-6-8-23(16-25)12-14-29(45)42(4)5/h6-12,14,16-17,27-28,31-34,44H,13,15,18-22H2,1-5H3,(H,40,49)(H,41,47)/t27-,28-,31-,32-,33-,34+,39-/m0/s1. The number of hydroxylamine groups is 2. The fraction of sp³-hybridized carbons (Fsp3) is 0.513. The second-order valence-corrected chi connectivity index (χ2v) is 15.3. The van der Waals surface area contributed by atoms with Gasteiger partial charge in [0, 0.05) is 45.1 Å². The molecule has 7 atom stereocenters. The number of carbonyl (C=O) groups excluding carboxylic acids is 5. The second-order valence-electron chi connectivity index (χ2n) is 15.3. The summed E-state index contributed by atoms with van der Waals surface area (Å²) in [6, 6.07) is 12.3. The van der Waals surface area contributed by atoms with Crippen LogP contribution in [0.2, 0.25) is 0 Å². The maximum absolute atomic E-state index is 14.5. The molecule has 0 unspecified atom stereocenters. The Balaban J connectivity index is 1.16. The Labute approximate surface area is 313 Å². The van der Waals surface area contributed by atoms with Crippen molar-refractivity contribution < 1.29 is 52.9 Å². The lowest BCUT2D eigenvalue weighted by Gasteiger charge is -2.48. The molecule has 15 heteroatoms. The third-order valence-electron chi connectivity index (χ3n) is 9.96. The number of aliphatic hydroxyl groups is 1. The number of nitrogens with one attached hydrogen (secondary N) is 2. The number of hydrogen-bond donors (Lipinski definition) is 3. The highest BCUT2D eigenvalue weighted by Crippen LogP contribution is 2.55. The lowest BCUT2D eigenvalue weighted by molar-refractivity contribution is -0.201. The van der Waals surface area contributed by atoms with Crippen LogP contribution in [0.1, 0.15) is 67.1 Å². The van der Waals surface area contributed by atoms with Gasteiger partial charge < -0.3 is 39.6 Å². The molecule has 3 N–H and O–H groups in total. The van der Waals surface area contributed by atoms with Gasteiger partial charge in [0.05, 0.1) is 19.2 Å². The van der Waals surface area contributed by atoms with E-state index < -0.39 is 71.3 Å². The first-order valence-electron chi connectivity index (χ1n) is 18.0. The van der Waals surface area contributed by atoms with Gasteiger partial charge in [-0.1, -0.05) is 36.4 Å². The minimum atomic E-state index is -1.37. The summed E-state index contributed by atoms with van der Waals surface area (Å²) in [5, 5.41) is 17.1. The number of hydrogen-bond acceptors (Lipinski definition) is 12. The van der Waals surface area contributed by atoms with Gasteiger partial charge in [-0.3, -0.25) is 28.8 Å². The van der Waals surface area contributed by atoms with E-state index in [2.05, 4.69) is 10.6 Å². The molecule has 2 aromatic carbocycles. The second kappa shape index (κ2) is 16.0. The molecule has 2 aromatic rings. The summed E-state index contributed by atoms with van der Waals surface area (Å²) in [6.07, 6.45) is 0.726. The first kappa shape index (κ1) is 39.0. The van der Waals surface area contributed by atoms with Gasteiger partial charge in [-0.2, -0.15) is 5.06 Å². The quantitative estimate of drug-likeness (QED) is 0.200. The monoisotopic (exact) mass is 748 g/mol. The Kier molecular flexibility index (Phi) is 11.5. The Morgan fingerprint density at radius 3 is 2.56 bits per heavy atom. The fourth-order valence-electron chi connectivity index (χ4n) is 7.46. The van der Waals surface area contributed by atoms with E-state index in [9.17, 15) is 29.1 Å². The predicted octanol–water partition coefficient (Wildman–Crippen LogP) is 1.86. The average Bonchev–Trinajstić information content (AvgIpc) is 3.75. The van der Waals surface area contributed by atoms with Crippen molar-refractivity contribution in [1.82, 2.24) is 20.6 Å². The zero-order chi connectivity index (χ0) is 38.8. The molecule has 15 nitrogen and oxygen atoms in total. The number of fused-ring (bicyclic) bond motifs is 4. The van der Waals surface area contributed by atoms with E-state index in [-0.39, 0.29) is 51.7 Å². The zero-order valence-electron chi connectivity index (χ0n) is 31.1. The third kappa shape index (κ3) is 8.35. The number of likely N-dealkylation sites (N-methyl/N-ethyl adjacent to an activating group) is 1. The van der Waals surface area contributed by atoms with Crippen LogP contribution in [0.4, 0.5) is 0 Å². The van der Waals surface area contributed by atoms with Gasteiger partial charge in [0.2, 0.25) is 11.8 Å². The molecular weight excluding hydrogens is 700 g/mol. The minimum absolute atomic E-state index is 0.0237. The van der Waals surface area contributed by atoms with Crippen LogP contribution in [0.5, 0.6) is 0 Å². The largest absolute Gasteiger partial charge is 0.460 e. The van der Waals surface area contributed by atoms with E-state index >= 15 is 0 Å². The SMILES string of the molecule is CN(C)C(=O)C=Cc1cccc(CN2O[C@@H]3[C@H]4OCO[C@H]4[C@@H]4C[C@]3(C(=O)NCc3cccc(C(=O)N[C@H](CO)CCC(=O)OC(C)(C)C)c3)[C@@H]2C(=O)O4)c1. The summed E-state index contributed by atoms with van der Waals surface area (Å²) in [6.45, 7) is 5.07. The molecule has 0 aromatic heterocycles. The van der Waals surface area contributed by atoms with Gasteiger partial charge in [-0.05, 0) is 62.1 Å². The summed E-state index contributed by atoms with van der Waals surface area (Å²) >= 11 is 0. The van der Waals surface area contributed by atoms with Crippen molar-refractivity contribution in [2.75, 3.05) is 27.5 Å². The molecule has 3 heterocycles. The van der Waals surface area contributed by atoms with E-state index in [0.717, 1.165) is 11.1 Å². The van der Waals surface area contributed by atoms with Crippen molar-refractivity contribution in [3.63, 3.8) is 0 Å². The van der Waals surface area contributed by atoms with Crippen LogP contribution >= 0.6 is 0 Å². The predicted molar refractivity (Wildman–Crippen MR) is 192 cm³/mol. The Bertz CT molecular complexity index is 1790. The van der Waals surface area contributed by atoms with Crippen LogP contribution in [0.25, 0.3) is 6.08 Å². The van der Waals surface area contributed by atoms with Crippen LogP contribution in [0.15, 0.2) is 54.6 Å². The number of esters is 2. The first-order valence-corrected chi connectivity index (χ1v) is 18.0. The Morgan fingerprint density at radius 2 is 1.81 bits per heavy atom. The summed E-state index contributed by atoms with van der Waals surface area (Å²) < 4.78 is 22.9. The zero-order valence-corrected chi connectivity index (χ0v) is 31.1. The maximum atomic E-state index is 14.5. The van der Waals surface area contributed by atoms with E-state index in [0.29, 0.717) is 11.1 Å². The highest BCUT2D eigenvalue weighted by molar-refractivity contribution is 5.95. The molecule has 1 saturated carbocycles. The lowest BCUT2D eigenvalue weighted by Crippen LogP contribution is -2.69. The van der Waals surface area contributed by atoms with Crippen LogP contribution in [-0.2, 0) is 56.1 Å². The smallest absolute Gasteiger partial charge is 0.327 e. The Hall–Kier alpha value is -4.67. The number of aliphatic hydroxyl groups excluding tert-OH is 1. The van der Waals surface area contributed by atoms with Crippen LogP contribution < -0.4 is 10.6 Å². The topological polar surface area (TPSA) is 182 Å². The third-order valence-corrected chi connectivity index (χ3v) is 9.96. The molecule has 3 aliphatic heterocycles. The van der Waals surface area contributed by atoms with Crippen LogP contribution in [0, 0.1) is 5.41 Å². The summed E-state index contributed by atoms with van der Waals surface area (Å²) in [5.41, 5.74) is 0.454. The number of carbonyl (C=O) groups is 5. The Morgan fingerprint density at radius 1 is 1.07 bits per heavy atom. The van der Waals surface area contributed by atoms with Crippen molar-refractivity contribution in [3.8, 4) is 0 Å². The van der Waals surface area contributed by atoms with E-state index in [4.69, 9.17) is 23.8 Å². The number of amides is 3. The summed E-state index contributed by atoms with van der Waals surface area (Å²) in [4.78, 5) is 73.6. The normalized spacial score (nSPS) is 26.5. The molecule has 6 rings (SSSR count). The highest BCUT2D eigenvalue weighted by Gasteiger charge is 2.74. The molecule has 0 spiro atoms. The van der Waals surface area contributed by atoms with Gasteiger partial charge in [-0.25, -0.2) is 0 Å². The first-order chi connectivity index (χ1) is 25.7. The summed E-state index contributed by atoms with van der Waals surface area (Å²) in [5.74, 6) is -2.07. The van der Waals surface area contributed by atoms with Crippen LogP contribution in [-0.4, -0.2) is 114 Å². The number of benzene rings is 2. The molecule has 3 saturated heterocycles. The molecule has 2 bridgehead atoms.